The van der Waals surface area contributed by atoms with Gasteiger partial charge in [0.15, 0.2) is 0 Å². The highest BCUT2D eigenvalue weighted by molar-refractivity contribution is 5.66. The molecule has 0 radical (unpaired) electrons. The summed E-state index contributed by atoms with van der Waals surface area (Å²) in [5, 5.41) is 13.3. The number of hydrogen-bond acceptors (Lipinski definition) is 3. The molecule has 0 saturated carbocycles. The van der Waals surface area contributed by atoms with Crippen molar-refractivity contribution in [1.29, 1.82) is 0 Å². The highest BCUT2D eigenvalue weighted by Gasteiger charge is 2.18. The summed E-state index contributed by atoms with van der Waals surface area (Å²) in [6.45, 7) is 5.77. The van der Waals surface area contributed by atoms with Crippen molar-refractivity contribution >= 4 is 5.97 Å². The highest BCUT2D eigenvalue weighted by atomic mass is 16.4. The number of fused-ring (bicyclic) bond motifs is 1. The minimum Gasteiger partial charge on any atom is -0.481 e. The molecule has 1 aromatic carbocycles. The van der Waals surface area contributed by atoms with Crippen LogP contribution in [-0.2, 0) is 30.8 Å². The Balaban J connectivity index is 1.64. The van der Waals surface area contributed by atoms with E-state index in [-0.39, 0.29) is 6.42 Å². The molecule has 0 saturated heterocycles. The molecule has 0 unspecified atom stereocenters. The molecule has 1 N–H and O–H groups in total. The van der Waals surface area contributed by atoms with Crippen LogP contribution >= 0.6 is 0 Å². The van der Waals surface area contributed by atoms with Gasteiger partial charge in [-0.25, -0.2) is 0 Å². The van der Waals surface area contributed by atoms with Crippen molar-refractivity contribution in [3.05, 3.63) is 52.8 Å². The summed E-state index contributed by atoms with van der Waals surface area (Å²) in [4.78, 5) is 13.1. The van der Waals surface area contributed by atoms with Gasteiger partial charge in [0, 0.05) is 26.1 Å². The molecule has 2 aromatic rings. The lowest BCUT2D eigenvalue weighted by Crippen LogP contribution is -2.33. The number of aromatic nitrogens is 2. The van der Waals surface area contributed by atoms with Crippen LogP contribution in [0, 0.1) is 6.92 Å². The molecule has 0 amide bonds. The lowest BCUT2D eigenvalue weighted by atomic mass is 10.1. The number of rotatable bonds is 5. The summed E-state index contributed by atoms with van der Waals surface area (Å²) in [5.41, 5.74) is 4.68. The molecule has 2 heterocycles. The summed E-state index contributed by atoms with van der Waals surface area (Å²) in [5.74, 6) is -0.771. The zero-order valence-corrected chi connectivity index (χ0v) is 12.8. The number of benzene rings is 1. The maximum Gasteiger partial charge on any atom is 0.303 e. The molecule has 5 heteroatoms. The van der Waals surface area contributed by atoms with Crippen LogP contribution in [0.25, 0.3) is 0 Å². The molecule has 1 aromatic heterocycles. The molecule has 0 atom stereocenters. The Morgan fingerprint density at radius 1 is 1.32 bits per heavy atom. The van der Waals surface area contributed by atoms with E-state index in [1.807, 2.05) is 10.7 Å². The first-order valence-corrected chi connectivity index (χ1v) is 7.65. The third-order valence-electron chi connectivity index (χ3n) is 4.01. The fourth-order valence-corrected chi connectivity index (χ4v) is 2.94. The van der Waals surface area contributed by atoms with E-state index in [9.17, 15) is 4.79 Å². The SMILES string of the molecule is Cc1cccc(CN2CCn3nc(CCC(=O)O)cc3C2)c1. The minimum absolute atomic E-state index is 0.142. The van der Waals surface area contributed by atoms with Gasteiger partial charge in [0.05, 0.1) is 24.4 Å². The molecule has 1 aliphatic heterocycles. The summed E-state index contributed by atoms with van der Waals surface area (Å²) in [6.07, 6.45) is 0.649. The average Bonchev–Trinajstić information content (AvgIpc) is 2.87. The Hall–Kier alpha value is -2.14. The van der Waals surface area contributed by atoms with E-state index in [1.54, 1.807) is 0 Å². The second-order valence-corrected chi connectivity index (χ2v) is 5.94. The second-order valence-electron chi connectivity index (χ2n) is 5.94. The predicted octanol–water partition coefficient (Wildman–Crippen LogP) is 2.22. The molecule has 0 aliphatic carbocycles. The highest BCUT2D eigenvalue weighted by Crippen LogP contribution is 2.17. The zero-order valence-electron chi connectivity index (χ0n) is 12.8. The summed E-state index contributed by atoms with van der Waals surface area (Å²) in [7, 11) is 0. The third kappa shape index (κ3) is 3.54. The molecule has 0 bridgehead atoms. The number of aryl methyl sites for hydroxylation is 2. The van der Waals surface area contributed by atoms with Crippen LogP contribution in [0.5, 0.6) is 0 Å². The van der Waals surface area contributed by atoms with Gasteiger partial charge in [0.25, 0.3) is 0 Å². The summed E-state index contributed by atoms with van der Waals surface area (Å²) in [6, 6.07) is 10.7. The average molecular weight is 299 g/mol. The maximum absolute atomic E-state index is 10.7. The fourth-order valence-electron chi connectivity index (χ4n) is 2.94. The van der Waals surface area contributed by atoms with Crippen molar-refractivity contribution < 1.29 is 9.90 Å². The normalized spacial score (nSPS) is 14.8. The van der Waals surface area contributed by atoms with Crippen LogP contribution in [0.4, 0.5) is 0 Å². The van der Waals surface area contributed by atoms with Gasteiger partial charge in [0.1, 0.15) is 0 Å². The van der Waals surface area contributed by atoms with E-state index < -0.39 is 5.97 Å². The van der Waals surface area contributed by atoms with E-state index in [2.05, 4.69) is 41.2 Å². The van der Waals surface area contributed by atoms with Gasteiger partial charge in [-0.15, -0.1) is 0 Å². The smallest absolute Gasteiger partial charge is 0.303 e. The number of carbonyl (C=O) groups is 1. The topological polar surface area (TPSA) is 58.4 Å². The van der Waals surface area contributed by atoms with Crippen molar-refractivity contribution in [2.24, 2.45) is 0 Å². The second kappa shape index (κ2) is 6.32. The number of nitrogens with zero attached hydrogens (tertiary/aromatic N) is 3. The van der Waals surface area contributed by atoms with Crippen molar-refractivity contribution in [3.63, 3.8) is 0 Å². The molecule has 22 heavy (non-hydrogen) atoms. The van der Waals surface area contributed by atoms with Crippen molar-refractivity contribution in [2.75, 3.05) is 6.54 Å². The van der Waals surface area contributed by atoms with Gasteiger partial charge in [0.2, 0.25) is 0 Å². The van der Waals surface area contributed by atoms with Crippen LogP contribution in [0.1, 0.15) is 28.9 Å². The van der Waals surface area contributed by atoms with Crippen LogP contribution in [-0.4, -0.2) is 32.3 Å². The molecular weight excluding hydrogens is 278 g/mol. The zero-order chi connectivity index (χ0) is 15.5. The molecule has 116 valence electrons. The first-order chi connectivity index (χ1) is 10.6. The van der Waals surface area contributed by atoms with E-state index >= 15 is 0 Å². The minimum atomic E-state index is -0.771. The van der Waals surface area contributed by atoms with Crippen LogP contribution < -0.4 is 0 Å². The largest absolute Gasteiger partial charge is 0.481 e. The Morgan fingerprint density at radius 3 is 2.95 bits per heavy atom. The Kier molecular flexibility index (Phi) is 4.24. The van der Waals surface area contributed by atoms with Crippen LogP contribution in [0.3, 0.4) is 0 Å². The monoisotopic (exact) mass is 299 g/mol. The van der Waals surface area contributed by atoms with Gasteiger partial charge in [-0.3, -0.25) is 14.4 Å². The van der Waals surface area contributed by atoms with E-state index in [4.69, 9.17) is 5.11 Å². The molecular formula is C17H21N3O2. The van der Waals surface area contributed by atoms with Gasteiger partial charge < -0.3 is 5.11 Å². The lowest BCUT2D eigenvalue weighted by Gasteiger charge is -2.27. The van der Waals surface area contributed by atoms with Crippen molar-refractivity contribution in [2.45, 2.75) is 39.4 Å². The first-order valence-electron chi connectivity index (χ1n) is 7.65. The maximum atomic E-state index is 10.7. The van der Waals surface area contributed by atoms with E-state index in [1.165, 1.54) is 16.8 Å². The standard InChI is InChI=1S/C17H21N3O2/c1-13-3-2-4-14(9-13)11-19-7-8-20-16(12-19)10-15(18-20)5-6-17(21)22/h2-4,9-10H,5-8,11-12H2,1H3,(H,21,22). The summed E-state index contributed by atoms with van der Waals surface area (Å²) < 4.78 is 2.02. The number of hydrogen-bond donors (Lipinski definition) is 1. The van der Waals surface area contributed by atoms with Gasteiger partial charge in [-0.2, -0.15) is 5.10 Å². The number of aliphatic carboxylic acids is 1. The number of carboxylic acids is 1. The van der Waals surface area contributed by atoms with Gasteiger partial charge in [-0.1, -0.05) is 29.8 Å². The third-order valence-corrected chi connectivity index (χ3v) is 4.01. The molecule has 0 fully saturated rings. The predicted molar refractivity (Wildman–Crippen MR) is 83.5 cm³/mol. The Labute approximate surface area is 130 Å². The van der Waals surface area contributed by atoms with Gasteiger partial charge in [-0.05, 0) is 18.6 Å². The van der Waals surface area contributed by atoms with Crippen LogP contribution in [0.2, 0.25) is 0 Å². The van der Waals surface area contributed by atoms with Crippen molar-refractivity contribution in [3.8, 4) is 0 Å². The van der Waals surface area contributed by atoms with E-state index in [0.29, 0.717) is 6.42 Å². The van der Waals surface area contributed by atoms with E-state index in [0.717, 1.165) is 31.9 Å². The molecule has 3 rings (SSSR count). The van der Waals surface area contributed by atoms with Crippen molar-refractivity contribution in [1.82, 2.24) is 14.7 Å². The first kappa shape index (κ1) is 14.8. The Bertz CT molecular complexity index is 678. The fraction of sp³-hybridized carbons (Fsp3) is 0.412. The molecule has 0 spiro atoms. The molecule has 1 aliphatic rings. The summed E-state index contributed by atoms with van der Waals surface area (Å²) >= 11 is 0. The van der Waals surface area contributed by atoms with Crippen LogP contribution in [0.15, 0.2) is 30.3 Å². The molecule has 5 nitrogen and oxygen atoms in total. The lowest BCUT2D eigenvalue weighted by molar-refractivity contribution is -0.136. The quantitative estimate of drug-likeness (QED) is 0.920. The Morgan fingerprint density at radius 2 is 2.18 bits per heavy atom. The van der Waals surface area contributed by atoms with Gasteiger partial charge >= 0.3 is 5.97 Å². The number of carboxylic acid groups (broad SMARTS) is 1.